The molecule has 33 heavy (non-hydrogen) atoms. The van der Waals surface area contributed by atoms with E-state index in [1.54, 1.807) is 20.8 Å². The number of hydrogen-bond donors (Lipinski definition) is 0. The summed E-state index contributed by atoms with van der Waals surface area (Å²) in [7, 11) is 2.78. The van der Waals surface area contributed by atoms with Crippen molar-refractivity contribution in [2.75, 3.05) is 54.0 Å². The smallest absolute Gasteiger partial charge is 0.412 e. The maximum absolute atomic E-state index is 12.6. The van der Waals surface area contributed by atoms with Gasteiger partial charge in [0, 0.05) is 26.4 Å². The van der Waals surface area contributed by atoms with E-state index in [0.717, 1.165) is 12.2 Å². The molecular weight excluding hydrogens is 440 g/mol. The van der Waals surface area contributed by atoms with Gasteiger partial charge >= 0.3 is 24.1 Å². The molecule has 0 fully saturated rings. The van der Waals surface area contributed by atoms with E-state index in [1.165, 1.54) is 24.0 Å². The topological polar surface area (TPSA) is 130 Å². The first kappa shape index (κ1) is 29.9. The molecule has 0 rings (SSSR count). The highest BCUT2D eigenvalue weighted by atomic mass is 16.6. The normalized spacial score (nSPS) is 11.5. The lowest BCUT2D eigenvalue weighted by atomic mass is 10.0. The molecule has 12 nitrogen and oxygen atoms in total. The number of hydrogen-bond acceptors (Lipinski definition) is 10. The van der Waals surface area contributed by atoms with E-state index >= 15 is 0 Å². The zero-order chi connectivity index (χ0) is 25.4. The quantitative estimate of drug-likeness (QED) is 0.150. The fraction of sp³-hybridized carbons (Fsp3) is 0.619. The largest absolute Gasteiger partial charge is 0.461 e. The van der Waals surface area contributed by atoms with Crippen LogP contribution in [0.25, 0.3) is 0 Å². The van der Waals surface area contributed by atoms with Crippen LogP contribution in [0.5, 0.6) is 0 Å². The van der Waals surface area contributed by atoms with Crippen LogP contribution in [0.15, 0.2) is 25.3 Å². The van der Waals surface area contributed by atoms with Crippen LogP contribution in [0.4, 0.5) is 9.59 Å². The number of carbonyl (C=O) groups is 4. The summed E-state index contributed by atoms with van der Waals surface area (Å²) >= 11 is 0. The number of ether oxygens (including phenoxy) is 6. The van der Waals surface area contributed by atoms with Crippen molar-refractivity contribution in [3.63, 3.8) is 0 Å². The third-order valence-corrected chi connectivity index (χ3v) is 4.24. The molecule has 0 saturated carbocycles. The van der Waals surface area contributed by atoms with Crippen molar-refractivity contribution in [2.45, 2.75) is 32.5 Å². The molecule has 1 unspecified atom stereocenters. The van der Waals surface area contributed by atoms with Gasteiger partial charge in [0.2, 0.25) is 0 Å². The summed E-state index contributed by atoms with van der Waals surface area (Å²) in [5.74, 6) is -1.25. The second-order valence-electron chi connectivity index (χ2n) is 7.10. The van der Waals surface area contributed by atoms with Crippen LogP contribution in [0.3, 0.4) is 0 Å². The minimum atomic E-state index is -1.23. The third kappa shape index (κ3) is 11.9. The zero-order valence-electron chi connectivity index (χ0n) is 19.9. The third-order valence-electron chi connectivity index (χ3n) is 4.24. The Bertz CT molecular complexity index is 680. The summed E-state index contributed by atoms with van der Waals surface area (Å²) in [4.78, 5) is 49.8. The predicted octanol–water partition coefficient (Wildman–Crippen LogP) is 1.70. The van der Waals surface area contributed by atoms with Crippen LogP contribution < -0.4 is 0 Å². The molecule has 0 aromatic rings. The van der Waals surface area contributed by atoms with Gasteiger partial charge in [0.1, 0.15) is 38.4 Å². The molecule has 1 atom stereocenters. The van der Waals surface area contributed by atoms with Gasteiger partial charge in [-0.3, -0.25) is 9.80 Å². The number of methoxy groups -OCH3 is 2. The molecule has 188 valence electrons. The van der Waals surface area contributed by atoms with E-state index in [0.29, 0.717) is 0 Å². The average Bonchev–Trinajstić information content (AvgIpc) is 2.76. The molecule has 0 spiro atoms. The molecule has 0 saturated heterocycles. The van der Waals surface area contributed by atoms with Gasteiger partial charge in [-0.15, -0.1) is 0 Å². The van der Waals surface area contributed by atoms with Crippen molar-refractivity contribution < 1.29 is 47.6 Å². The standard InChI is InChI=1S/C21H34N2O10/c1-8-17(24)30-12-10-22(14-28-6)19(26)32-16(3)21(4,5)33-20(27)23(15-29-7)11-13-31-18(25)9-2/h8-9,16H,1-2,10-15H2,3-7H3. The molecule has 0 N–H and O–H groups in total. The zero-order valence-corrected chi connectivity index (χ0v) is 19.9. The van der Waals surface area contributed by atoms with Crippen molar-refractivity contribution >= 4 is 24.1 Å². The minimum absolute atomic E-state index is 0.0154. The van der Waals surface area contributed by atoms with Crippen molar-refractivity contribution in [1.82, 2.24) is 9.80 Å². The van der Waals surface area contributed by atoms with Crippen LogP contribution in [-0.4, -0.2) is 99.6 Å². The summed E-state index contributed by atoms with van der Waals surface area (Å²) in [6, 6.07) is 0. The monoisotopic (exact) mass is 474 g/mol. The van der Waals surface area contributed by atoms with E-state index < -0.39 is 35.8 Å². The first-order chi connectivity index (χ1) is 15.5. The summed E-state index contributed by atoms with van der Waals surface area (Å²) in [5.41, 5.74) is -1.23. The maximum Gasteiger partial charge on any atom is 0.412 e. The number of amides is 2. The van der Waals surface area contributed by atoms with Gasteiger partial charge in [0.25, 0.3) is 0 Å². The summed E-state index contributed by atoms with van der Waals surface area (Å²) in [5, 5.41) is 0. The van der Waals surface area contributed by atoms with E-state index in [-0.39, 0.29) is 39.8 Å². The molecule has 12 heteroatoms. The Morgan fingerprint density at radius 2 is 1.27 bits per heavy atom. The SMILES string of the molecule is C=CC(=O)OCCN(COC)C(=O)OC(C)C(C)(C)OC(=O)N(CCOC(=O)C=C)COC. The number of nitrogens with zero attached hydrogens (tertiary/aromatic N) is 2. The highest BCUT2D eigenvalue weighted by Gasteiger charge is 2.36. The van der Waals surface area contributed by atoms with E-state index in [9.17, 15) is 19.2 Å². The fourth-order valence-electron chi connectivity index (χ4n) is 2.10. The van der Waals surface area contributed by atoms with Gasteiger partial charge in [-0.05, 0) is 20.8 Å². The Balaban J connectivity index is 4.96. The van der Waals surface area contributed by atoms with Crippen LogP contribution in [0, 0.1) is 0 Å². The Hall–Kier alpha value is -3.12. The van der Waals surface area contributed by atoms with Crippen LogP contribution in [0.1, 0.15) is 20.8 Å². The number of esters is 2. The van der Waals surface area contributed by atoms with Gasteiger partial charge in [0.15, 0.2) is 0 Å². The molecule has 2 amide bonds. The van der Waals surface area contributed by atoms with Crippen LogP contribution in [-0.2, 0) is 38.0 Å². The predicted molar refractivity (Wildman–Crippen MR) is 116 cm³/mol. The summed E-state index contributed by atoms with van der Waals surface area (Å²) < 4.78 is 30.6. The van der Waals surface area contributed by atoms with Crippen molar-refractivity contribution in [3.05, 3.63) is 25.3 Å². The first-order valence-electron chi connectivity index (χ1n) is 10.0. The van der Waals surface area contributed by atoms with Crippen molar-refractivity contribution in [2.24, 2.45) is 0 Å². The number of carbonyl (C=O) groups excluding carboxylic acids is 4. The van der Waals surface area contributed by atoms with E-state index in [4.69, 9.17) is 28.4 Å². The average molecular weight is 475 g/mol. The molecule has 0 heterocycles. The second-order valence-corrected chi connectivity index (χ2v) is 7.10. The molecule has 0 radical (unpaired) electrons. The fourth-order valence-corrected chi connectivity index (χ4v) is 2.10. The van der Waals surface area contributed by atoms with Crippen LogP contribution >= 0.6 is 0 Å². The lowest BCUT2D eigenvalue weighted by molar-refractivity contribution is -0.139. The lowest BCUT2D eigenvalue weighted by Gasteiger charge is -2.34. The molecule has 0 aromatic heterocycles. The number of rotatable bonds is 15. The molecule has 0 aliphatic rings. The summed E-state index contributed by atoms with van der Waals surface area (Å²) in [6.45, 7) is 10.9. The highest BCUT2D eigenvalue weighted by molar-refractivity contribution is 5.81. The van der Waals surface area contributed by atoms with Gasteiger partial charge in [-0.25, -0.2) is 19.2 Å². The molecule has 0 bridgehead atoms. The van der Waals surface area contributed by atoms with E-state index in [2.05, 4.69) is 13.2 Å². The van der Waals surface area contributed by atoms with E-state index in [1.807, 2.05) is 0 Å². The Kier molecular flexibility index (Phi) is 14.2. The maximum atomic E-state index is 12.6. The molecule has 0 aromatic carbocycles. The lowest BCUT2D eigenvalue weighted by Crippen LogP contribution is -2.48. The van der Waals surface area contributed by atoms with Gasteiger partial charge < -0.3 is 28.4 Å². The Morgan fingerprint density at radius 1 is 0.848 bits per heavy atom. The van der Waals surface area contributed by atoms with Gasteiger partial charge in [-0.2, -0.15) is 0 Å². The first-order valence-corrected chi connectivity index (χ1v) is 10.0. The summed E-state index contributed by atoms with van der Waals surface area (Å²) in [6.07, 6.45) is -0.368. The highest BCUT2D eigenvalue weighted by Crippen LogP contribution is 2.20. The van der Waals surface area contributed by atoms with Gasteiger partial charge in [-0.1, -0.05) is 13.2 Å². The van der Waals surface area contributed by atoms with Gasteiger partial charge in [0.05, 0.1) is 13.1 Å². The van der Waals surface area contributed by atoms with Crippen LogP contribution in [0.2, 0.25) is 0 Å². The van der Waals surface area contributed by atoms with Crippen molar-refractivity contribution in [1.29, 1.82) is 0 Å². The minimum Gasteiger partial charge on any atom is -0.461 e. The Labute approximate surface area is 194 Å². The Morgan fingerprint density at radius 3 is 1.67 bits per heavy atom. The molecule has 0 aliphatic heterocycles. The molecular formula is C21H34N2O10. The van der Waals surface area contributed by atoms with Crippen molar-refractivity contribution in [3.8, 4) is 0 Å². The second kappa shape index (κ2) is 15.6. The molecule has 0 aliphatic carbocycles.